The summed E-state index contributed by atoms with van der Waals surface area (Å²) in [5, 5.41) is 21.9. The summed E-state index contributed by atoms with van der Waals surface area (Å²) in [5.74, 6) is -9.13. The zero-order chi connectivity index (χ0) is 48.2. The molecule has 3 fully saturated rings. The molecule has 1 amide bonds. The number of aliphatic hydroxyl groups is 2. The van der Waals surface area contributed by atoms with Gasteiger partial charge in [0.1, 0.15) is 18.2 Å². The van der Waals surface area contributed by atoms with E-state index in [1.54, 1.807) is 41.1 Å². The molecule has 13 nitrogen and oxygen atoms in total. The molecule has 2 bridgehead atoms. The number of piperidine rings is 1. The van der Waals surface area contributed by atoms with Gasteiger partial charge in [-0.25, -0.2) is 9.18 Å². The van der Waals surface area contributed by atoms with Crippen LogP contribution in [0.25, 0.3) is 0 Å². The van der Waals surface area contributed by atoms with Crippen molar-refractivity contribution in [2.45, 2.75) is 180 Å². The lowest BCUT2D eigenvalue weighted by molar-refractivity contribution is -0.231. The van der Waals surface area contributed by atoms with Gasteiger partial charge >= 0.3 is 5.97 Å². The minimum Gasteiger partial charge on any atom is -0.460 e. The first-order valence-electron chi connectivity index (χ1n) is 23.9. The number of cyclic esters (lactones) is 1. The van der Waals surface area contributed by atoms with E-state index >= 15 is 4.39 Å². The first kappa shape index (κ1) is 54.2. The number of allylic oxidation sites excluding steroid dienone is 6. The second-order valence-corrected chi connectivity index (χ2v) is 19.6. The lowest BCUT2D eigenvalue weighted by Crippen LogP contribution is -2.59. The molecule has 1 aliphatic carbocycles. The predicted molar refractivity (Wildman–Crippen MR) is 244 cm³/mol. The van der Waals surface area contributed by atoms with E-state index in [1.165, 1.54) is 7.11 Å². The van der Waals surface area contributed by atoms with Crippen LogP contribution in [0.1, 0.15) is 126 Å². The SMILES string of the molecule is CO[C@H]1C[C@@H]2CC[C@@H](C)[C@@](F)(O2)C(=O)C(=O)N2CCCC[C@H]2C(=O)OC([C@H](C)C[C@@H]2CC[C@@H](O)[C@H](OC)C2)CC(=O)C(C)=CC(C)[C@@H](O)[C@@H](OC)C(=O)[C@H](C)C[C@H](C)C=CC=CC=C1C. The van der Waals surface area contributed by atoms with E-state index in [9.17, 15) is 34.2 Å². The second kappa shape index (κ2) is 25.1. The molecule has 2 N–H and O–H groups in total. The number of rotatable bonds is 6. The number of methoxy groups -OCH3 is 3. The molecule has 15 atom stereocenters. The Kier molecular flexibility index (Phi) is 20.9. The third-order valence-corrected chi connectivity index (χ3v) is 14.4. The average molecular weight is 916 g/mol. The van der Waals surface area contributed by atoms with Gasteiger partial charge in [-0.2, -0.15) is 0 Å². The molecular weight excluding hydrogens is 838 g/mol. The van der Waals surface area contributed by atoms with Gasteiger partial charge in [0.05, 0.1) is 30.5 Å². The Balaban J connectivity index is 1.70. The number of aliphatic hydroxyl groups excluding tert-OH is 2. The maximum atomic E-state index is 17.1. The number of hydrogen-bond donors (Lipinski definition) is 2. The summed E-state index contributed by atoms with van der Waals surface area (Å²) in [7, 11) is 4.48. The third-order valence-electron chi connectivity index (χ3n) is 14.4. The fraction of sp³-hybridized carbons (Fsp3) is 0.745. The van der Waals surface area contributed by atoms with Crippen LogP contribution in [-0.2, 0) is 47.7 Å². The van der Waals surface area contributed by atoms with Gasteiger partial charge in [-0.3, -0.25) is 19.2 Å². The highest BCUT2D eigenvalue weighted by molar-refractivity contribution is 6.39. The number of carbonyl (C=O) groups is 5. The van der Waals surface area contributed by atoms with Crippen molar-refractivity contribution in [3.05, 3.63) is 47.6 Å². The highest BCUT2D eigenvalue weighted by atomic mass is 19.2. The molecule has 3 aliphatic heterocycles. The summed E-state index contributed by atoms with van der Waals surface area (Å²) >= 11 is 0. The van der Waals surface area contributed by atoms with Crippen LogP contribution in [0.2, 0.25) is 0 Å². The van der Waals surface area contributed by atoms with Crippen LogP contribution in [0.5, 0.6) is 0 Å². The van der Waals surface area contributed by atoms with Gasteiger partial charge in [-0.05, 0) is 107 Å². The van der Waals surface area contributed by atoms with Gasteiger partial charge < -0.3 is 38.8 Å². The van der Waals surface area contributed by atoms with E-state index in [1.807, 2.05) is 58.1 Å². The maximum absolute atomic E-state index is 17.1. The van der Waals surface area contributed by atoms with Crippen molar-refractivity contribution in [1.82, 2.24) is 4.90 Å². The molecule has 1 saturated carbocycles. The Morgan fingerprint density at radius 1 is 0.877 bits per heavy atom. The van der Waals surface area contributed by atoms with E-state index in [-0.39, 0.29) is 67.7 Å². The van der Waals surface area contributed by atoms with Gasteiger partial charge in [0.25, 0.3) is 17.5 Å². The second-order valence-electron chi connectivity index (χ2n) is 19.6. The molecule has 14 heteroatoms. The van der Waals surface area contributed by atoms with Crippen molar-refractivity contribution in [3.8, 4) is 0 Å². The van der Waals surface area contributed by atoms with Crippen molar-refractivity contribution in [1.29, 1.82) is 0 Å². The van der Waals surface area contributed by atoms with Crippen LogP contribution in [0.4, 0.5) is 4.39 Å². The van der Waals surface area contributed by atoms with Crippen LogP contribution in [-0.4, -0.2) is 127 Å². The van der Waals surface area contributed by atoms with Crippen LogP contribution in [0.15, 0.2) is 47.6 Å². The monoisotopic (exact) mass is 916 g/mol. The van der Waals surface area contributed by atoms with Gasteiger partial charge in [0.2, 0.25) is 0 Å². The molecule has 65 heavy (non-hydrogen) atoms. The van der Waals surface area contributed by atoms with Crippen molar-refractivity contribution >= 4 is 29.2 Å². The molecule has 366 valence electrons. The number of nitrogens with zero attached hydrogens (tertiary/aromatic N) is 1. The van der Waals surface area contributed by atoms with Crippen LogP contribution in [0.3, 0.4) is 0 Å². The topological polar surface area (TPSA) is 175 Å². The van der Waals surface area contributed by atoms with Gasteiger partial charge in [0, 0.05) is 58.5 Å². The summed E-state index contributed by atoms with van der Waals surface area (Å²) in [4.78, 5) is 71.4. The van der Waals surface area contributed by atoms with Gasteiger partial charge in [-0.15, -0.1) is 0 Å². The van der Waals surface area contributed by atoms with Crippen molar-refractivity contribution in [2.24, 2.45) is 35.5 Å². The molecule has 2 unspecified atom stereocenters. The Morgan fingerprint density at radius 3 is 2.28 bits per heavy atom. The molecule has 0 radical (unpaired) electrons. The Labute approximate surface area is 386 Å². The number of ether oxygens (including phenoxy) is 5. The number of ketones is 3. The number of amides is 1. The molecule has 0 aromatic rings. The van der Waals surface area contributed by atoms with E-state index in [4.69, 9.17) is 23.7 Å². The number of alkyl halides is 1. The third kappa shape index (κ3) is 14.3. The fourth-order valence-corrected chi connectivity index (χ4v) is 10.1. The molecule has 2 saturated heterocycles. The quantitative estimate of drug-likeness (QED) is 0.204. The van der Waals surface area contributed by atoms with E-state index in [0.29, 0.717) is 56.9 Å². The minimum absolute atomic E-state index is 0.0102. The largest absolute Gasteiger partial charge is 0.460 e. The van der Waals surface area contributed by atoms with Crippen LogP contribution >= 0.6 is 0 Å². The number of hydrogen-bond acceptors (Lipinski definition) is 12. The average Bonchev–Trinajstić information content (AvgIpc) is 3.28. The summed E-state index contributed by atoms with van der Waals surface area (Å²) in [6, 6.07) is -1.20. The Bertz CT molecular complexity index is 1760. The number of Topliss-reactive ketones (excluding diaryl/α,β-unsaturated/α-hetero) is 3. The zero-order valence-corrected chi connectivity index (χ0v) is 40.5. The van der Waals surface area contributed by atoms with Crippen LogP contribution in [0, 0.1) is 35.5 Å². The highest BCUT2D eigenvalue weighted by Crippen LogP contribution is 2.40. The zero-order valence-electron chi connectivity index (χ0n) is 40.5. The predicted octanol–water partition coefficient (Wildman–Crippen LogP) is 7.16. The molecule has 4 rings (SSSR count). The Hall–Kier alpha value is -3.40. The first-order valence-corrected chi connectivity index (χ1v) is 23.9. The summed E-state index contributed by atoms with van der Waals surface area (Å²) in [6.07, 6.45) is 10.4. The first-order chi connectivity index (χ1) is 30.7. The fourth-order valence-electron chi connectivity index (χ4n) is 10.1. The van der Waals surface area contributed by atoms with Crippen molar-refractivity contribution in [2.75, 3.05) is 27.9 Å². The van der Waals surface area contributed by atoms with E-state index < -0.39 is 83.9 Å². The number of halogens is 1. The maximum Gasteiger partial charge on any atom is 0.329 e. The number of carbonyl (C=O) groups excluding carboxylic acids is 5. The number of esters is 1. The van der Waals surface area contributed by atoms with Crippen LogP contribution < -0.4 is 0 Å². The van der Waals surface area contributed by atoms with Gasteiger partial charge in [-0.1, -0.05) is 71.1 Å². The summed E-state index contributed by atoms with van der Waals surface area (Å²) in [5.41, 5.74) is 1.14. The lowest BCUT2D eigenvalue weighted by Gasteiger charge is -2.41. The van der Waals surface area contributed by atoms with E-state index in [2.05, 4.69) is 0 Å². The lowest BCUT2D eigenvalue weighted by atomic mass is 9.78. The van der Waals surface area contributed by atoms with Crippen molar-refractivity contribution in [3.63, 3.8) is 0 Å². The molecule has 3 heterocycles. The summed E-state index contributed by atoms with van der Waals surface area (Å²) < 4.78 is 46.1. The molecule has 0 aromatic carbocycles. The molecule has 0 aromatic heterocycles. The van der Waals surface area contributed by atoms with Crippen molar-refractivity contribution < 1.29 is 62.3 Å². The highest BCUT2D eigenvalue weighted by Gasteiger charge is 2.55. The molecule has 0 spiro atoms. The normalized spacial score (nSPS) is 37.8. The molecular formula is C51H78FNO12. The smallest absolute Gasteiger partial charge is 0.329 e. The minimum atomic E-state index is -2.93. The summed E-state index contributed by atoms with van der Waals surface area (Å²) in [6.45, 7) is 12.5. The Morgan fingerprint density at radius 2 is 1.60 bits per heavy atom. The van der Waals surface area contributed by atoms with Gasteiger partial charge in [0.15, 0.2) is 11.6 Å². The molecule has 4 aliphatic rings. The number of fused-ring (bicyclic) bond motifs is 3. The standard InChI is InChI=1S/C51H78FNO12/c1-30-16-12-11-13-17-31(2)42(61-8)28-38-21-19-36(7)51(52,65-38)48(58)49(59)53-23-15-14-18-39(53)50(60)64-43(33(4)26-37-20-22-40(54)44(27-37)62-9)29-41(55)32(3)25-35(6)46(57)47(63-10)45(56)34(5)24-30/h11-13,16-17,25,30,33-40,42-44,46-47,54,57H,14-15,18-24,26-29H2,1-10H3/t30-,33-,34-,35?,36-,37+,38+,39+,40-,42+,43?,44-,46-,47+,51-/m1/s1. The van der Waals surface area contributed by atoms with E-state index in [0.717, 1.165) is 10.5 Å².